The maximum atomic E-state index is 13.9. The van der Waals surface area contributed by atoms with Gasteiger partial charge in [0.25, 0.3) is 0 Å². The second-order valence-electron chi connectivity index (χ2n) is 7.44. The minimum absolute atomic E-state index is 0. The molecule has 0 saturated carbocycles. The summed E-state index contributed by atoms with van der Waals surface area (Å²) in [6.07, 6.45) is 0.624. The summed E-state index contributed by atoms with van der Waals surface area (Å²) in [4.78, 5) is 6.78. The third-order valence-electron chi connectivity index (χ3n) is 5.56. The van der Waals surface area contributed by atoms with E-state index in [1.165, 1.54) is 17.7 Å². The van der Waals surface area contributed by atoms with Crippen LogP contribution in [-0.4, -0.2) is 50.9 Å². The fourth-order valence-electron chi connectivity index (χ4n) is 3.97. The molecule has 0 saturated heterocycles. The number of benzene rings is 2. The minimum Gasteiger partial charge on any atom is -0.467 e. The van der Waals surface area contributed by atoms with E-state index in [2.05, 4.69) is 58.6 Å². The van der Waals surface area contributed by atoms with Gasteiger partial charge in [0.1, 0.15) is 11.6 Å². The minimum atomic E-state index is -0.268. The van der Waals surface area contributed by atoms with E-state index in [4.69, 9.17) is 9.47 Å². The molecule has 3 rings (SSSR count). The number of nitrogens with zero attached hydrogens (tertiary/aromatic N) is 2. The first-order valence-corrected chi connectivity index (χ1v) is 10.9. The van der Waals surface area contributed by atoms with Crippen molar-refractivity contribution in [3.05, 3.63) is 65.0 Å². The van der Waals surface area contributed by atoms with Crippen molar-refractivity contribution in [2.45, 2.75) is 32.9 Å². The van der Waals surface area contributed by atoms with Crippen LogP contribution < -0.4 is 15.4 Å². The van der Waals surface area contributed by atoms with E-state index >= 15 is 0 Å². The summed E-state index contributed by atoms with van der Waals surface area (Å²) < 4.78 is 24.8. The van der Waals surface area contributed by atoms with Crippen LogP contribution in [0.15, 0.2) is 47.5 Å². The van der Waals surface area contributed by atoms with Gasteiger partial charge in [-0.25, -0.2) is 4.39 Å². The molecule has 0 amide bonds. The van der Waals surface area contributed by atoms with Crippen molar-refractivity contribution in [2.75, 3.05) is 40.0 Å². The second kappa shape index (κ2) is 13.6. The number of aliphatic imine (C=N–C) groups is 1. The molecule has 2 N–H and O–H groups in total. The molecule has 0 aliphatic carbocycles. The lowest BCUT2D eigenvalue weighted by Crippen LogP contribution is -2.43. The Kier molecular flexibility index (Phi) is 11.2. The van der Waals surface area contributed by atoms with Crippen molar-refractivity contribution in [3.8, 4) is 5.75 Å². The van der Waals surface area contributed by atoms with Gasteiger partial charge in [-0.3, -0.25) is 9.89 Å². The van der Waals surface area contributed by atoms with E-state index in [-0.39, 0.29) is 42.6 Å². The van der Waals surface area contributed by atoms with Crippen molar-refractivity contribution in [2.24, 2.45) is 4.99 Å². The average Bonchev–Trinajstić information content (AvgIpc) is 2.80. The van der Waals surface area contributed by atoms with E-state index in [1.807, 2.05) is 6.07 Å². The molecule has 8 heteroatoms. The number of fused-ring (bicyclic) bond motifs is 1. The fourth-order valence-corrected chi connectivity index (χ4v) is 3.97. The van der Waals surface area contributed by atoms with Crippen LogP contribution in [0.4, 0.5) is 4.39 Å². The Morgan fingerprint density at radius 1 is 1.16 bits per heavy atom. The maximum Gasteiger partial charge on any atom is 0.191 e. The lowest BCUT2D eigenvalue weighted by atomic mass is 10.0. The van der Waals surface area contributed by atoms with Crippen LogP contribution in [0.3, 0.4) is 0 Å². The normalized spacial score (nSPS) is 14.2. The number of hydrogen-bond acceptors (Lipinski definition) is 4. The Balaban J connectivity index is 0.00000363. The molecule has 176 valence electrons. The van der Waals surface area contributed by atoms with Gasteiger partial charge in [-0.1, -0.05) is 44.2 Å². The van der Waals surface area contributed by atoms with Gasteiger partial charge < -0.3 is 20.1 Å². The Labute approximate surface area is 207 Å². The zero-order valence-corrected chi connectivity index (χ0v) is 21.4. The van der Waals surface area contributed by atoms with E-state index in [0.717, 1.165) is 42.5 Å². The molecule has 1 unspecified atom stereocenters. The molecule has 2 aromatic rings. The SMILES string of the molecule is CCN(CC)C(CNC(=NC)NCCc1cc(F)cc2c1OCOC2)c1ccccc1.I. The van der Waals surface area contributed by atoms with Crippen LogP contribution in [0.5, 0.6) is 5.75 Å². The van der Waals surface area contributed by atoms with Gasteiger partial charge in [-0.2, -0.15) is 0 Å². The molecule has 0 radical (unpaired) electrons. The molecule has 1 heterocycles. The van der Waals surface area contributed by atoms with Crippen molar-refractivity contribution in [3.63, 3.8) is 0 Å². The van der Waals surface area contributed by atoms with Crippen molar-refractivity contribution < 1.29 is 13.9 Å². The topological polar surface area (TPSA) is 58.1 Å². The predicted molar refractivity (Wildman–Crippen MR) is 137 cm³/mol. The highest BCUT2D eigenvalue weighted by Gasteiger charge is 2.19. The van der Waals surface area contributed by atoms with Gasteiger partial charge in [0.2, 0.25) is 0 Å². The monoisotopic (exact) mass is 556 g/mol. The Morgan fingerprint density at radius 2 is 1.91 bits per heavy atom. The summed E-state index contributed by atoms with van der Waals surface area (Å²) in [5.74, 6) is 1.20. The first kappa shape index (κ1) is 26.3. The number of guanidine groups is 1. The summed E-state index contributed by atoms with van der Waals surface area (Å²) in [5, 5.41) is 6.79. The number of nitrogens with one attached hydrogen (secondary N) is 2. The van der Waals surface area contributed by atoms with Crippen LogP contribution in [0.2, 0.25) is 0 Å². The molecule has 1 aliphatic heterocycles. The molecule has 32 heavy (non-hydrogen) atoms. The Hall–Kier alpha value is -1.91. The zero-order valence-electron chi connectivity index (χ0n) is 19.1. The standard InChI is InChI=1S/C24H33FN4O2.HI/c1-4-29(5-2)22(18-9-7-6-8-10-18)15-28-24(26-3)27-12-11-19-13-21(25)14-20-16-30-17-31-23(19)20;/h6-10,13-14,22H,4-5,11-12,15-17H2,1-3H3,(H2,26,27,28);1H. The fraction of sp³-hybridized carbons (Fsp3) is 0.458. The summed E-state index contributed by atoms with van der Waals surface area (Å²) in [6, 6.07) is 13.8. The van der Waals surface area contributed by atoms with E-state index in [9.17, 15) is 4.39 Å². The number of hydrogen-bond donors (Lipinski definition) is 2. The van der Waals surface area contributed by atoms with Gasteiger partial charge in [-0.15, -0.1) is 24.0 Å². The molecule has 0 spiro atoms. The van der Waals surface area contributed by atoms with E-state index in [1.54, 1.807) is 7.05 Å². The molecular formula is C24H34FIN4O2. The highest BCUT2D eigenvalue weighted by Crippen LogP contribution is 2.29. The number of ether oxygens (including phenoxy) is 2. The maximum absolute atomic E-state index is 13.9. The number of halogens is 2. The molecule has 0 bridgehead atoms. The second-order valence-corrected chi connectivity index (χ2v) is 7.44. The van der Waals surface area contributed by atoms with Crippen LogP contribution in [0.25, 0.3) is 0 Å². The number of rotatable bonds is 9. The molecule has 6 nitrogen and oxygen atoms in total. The zero-order chi connectivity index (χ0) is 22.1. The first-order chi connectivity index (χ1) is 15.2. The molecule has 2 aromatic carbocycles. The highest BCUT2D eigenvalue weighted by molar-refractivity contribution is 14.0. The van der Waals surface area contributed by atoms with Crippen LogP contribution in [0, 0.1) is 5.82 Å². The molecule has 0 aromatic heterocycles. The average molecular weight is 556 g/mol. The summed E-state index contributed by atoms with van der Waals surface area (Å²) in [5.41, 5.74) is 2.88. The van der Waals surface area contributed by atoms with E-state index < -0.39 is 0 Å². The van der Waals surface area contributed by atoms with Crippen LogP contribution in [0.1, 0.15) is 36.6 Å². The van der Waals surface area contributed by atoms with Crippen LogP contribution >= 0.6 is 24.0 Å². The summed E-state index contributed by atoms with van der Waals surface area (Å²) in [6.45, 7) is 8.23. The lowest BCUT2D eigenvalue weighted by Gasteiger charge is -2.30. The molecular weight excluding hydrogens is 522 g/mol. The third-order valence-corrected chi connectivity index (χ3v) is 5.56. The lowest BCUT2D eigenvalue weighted by molar-refractivity contribution is -0.0172. The smallest absolute Gasteiger partial charge is 0.191 e. The van der Waals surface area contributed by atoms with Gasteiger partial charge in [0.15, 0.2) is 12.8 Å². The van der Waals surface area contributed by atoms with Gasteiger partial charge in [0.05, 0.1) is 12.6 Å². The predicted octanol–water partition coefficient (Wildman–Crippen LogP) is 4.10. The van der Waals surface area contributed by atoms with Crippen molar-refractivity contribution in [1.29, 1.82) is 0 Å². The third kappa shape index (κ3) is 7.05. The first-order valence-electron chi connectivity index (χ1n) is 10.9. The Bertz CT molecular complexity index is 863. The molecule has 0 fully saturated rings. The molecule has 1 aliphatic rings. The van der Waals surface area contributed by atoms with Gasteiger partial charge in [-0.05, 0) is 42.8 Å². The molecule has 1 atom stereocenters. The van der Waals surface area contributed by atoms with Gasteiger partial charge in [0, 0.05) is 25.7 Å². The summed E-state index contributed by atoms with van der Waals surface area (Å²) >= 11 is 0. The van der Waals surface area contributed by atoms with Gasteiger partial charge >= 0.3 is 0 Å². The summed E-state index contributed by atoms with van der Waals surface area (Å²) in [7, 11) is 1.76. The van der Waals surface area contributed by atoms with E-state index in [0.29, 0.717) is 19.6 Å². The Morgan fingerprint density at radius 3 is 2.59 bits per heavy atom. The van der Waals surface area contributed by atoms with Crippen molar-refractivity contribution >= 4 is 29.9 Å². The largest absolute Gasteiger partial charge is 0.467 e. The highest BCUT2D eigenvalue weighted by atomic mass is 127. The number of likely N-dealkylation sites (N-methyl/N-ethyl adjacent to an activating group) is 1. The van der Waals surface area contributed by atoms with Crippen LogP contribution in [-0.2, 0) is 17.8 Å². The quantitative estimate of drug-likeness (QED) is 0.277. The van der Waals surface area contributed by atoms with Crippen molar-refractivity contribution in [1.82, 2.24) is 15.5 Å².